The summed E-state index contributed by atoms with van der Waals surface area (Å²) in [6.07, 6.45) is 0. The average Bonchev–Trinajstić information content (AvgIpc) is 2.95. The van der Waals surface area contributed by atoms with Gasteiger partial charge in [0.1, 0.15) is 11.7 Å². The van der Waals surface area contributed by atoms with Gasteiger partial charge in [-0.15, -0.1) is 0 Å². The van der Waals surface area contributed by atoms with E-state index >= 15 is 0 Å². The van der Waals surface area contributed by atoms with Crippen molar-refractivity contribution in [2.45, 2.75) is 26.3 Å². The summed E-state index contributed by atoms with van der Waals surface area (Å²) in [4.78, 5) is 13.5. The van der Waals surface area contributed by atoms with Crippen LogP contribution in [0.3, 0.4) is 0 Å². The van der Waals surface area contributed by atoms with Crippen LogP contribution >= 0.6 is 0 Å². The molecule has 0 aliphatic carbocycles. The van der Waals surface area contributed by atoms with E-state index in [4.69, 9.17) is 4.52 Å². The van der Waals surface area contributed by atoms with Gasteiger partial charge < -0.3 is 14.5 Å². The minimum Gasteiger partial charge on any atom is -0.481 e. The largest absolute Gasteiger partial charge is 0.481 e. The molecule has 0 saturated carbocycles. The van der Waals surface area contributed by atoms with Gasteiger partial charge in [-0.1, -0.05) is 23.4 Å². The van der Waals surface area contributed by atoms with Crippen LogP contribution in [0.2, 0.25) is 0 Å². The number of carboxylic acid groups (broad SMARTS) is 1. The Hall–Kier alpha value is -2.30. The van der Waals surface area contributed by atoms with Crippen LogP contribution in [0, 0.1) is 13.8 Å². The molecule has 104 valence electrons. The van der Waals surface area contributed by atoms with Crippen LogP contribution in [-0.4, -0.2) is 22.8 Å². The van der Waals surface area contributed by atoms with Crippen molar-refractivity contribution in [2.24, 2.45) is 0 Å². The second-order valence-corrected chi connectivity index (χ2v) is 5.13. The fourth-order valence-corrected chi connectivity index (χ4v) is 2.77. The molecule has 0 spiro atoms. The molecule has 0 radical (unpaired) electrons. The number of anilines is 1. The van der Waals surface area contributed by atoms with Gasteiger partial charge in [0, 0.05) is 24.3 Å². The van der Waals surface area contributed by atoms with Crippen molar-refractivity contribution in [1.82, 2.24) is 5.16 Å². The first-order valence-corrected chi connectivity index (χ1v) is 6.56. The van der Waals surface area contributed by atoms with Gasteiger partial charge in [-0.25, -0.2) is 0 Å². The Bertz CT molecular complexity index is 643. The van der Waals surface area contributed by atoms with Gasteiger partial charge in [0.15, 0.2) is 0 Å². The number of carboxylic acids is 1. The van der Waals surface area contributed by atoms with E-state index in [-0.39, 0.29) is 0 Å². The third kappa shape index (κ3) is 1.95. The minimum atomic E-state index is -0.779. The van der Waals surface area contributed by atoms with Gasteiger partial charge in [0.2, 0.25) is 0 Å². The zero-order valence-corrected chi connectivity index (χ0v) is 11.5. The molecule has 5 heteroatoms. The highest BCUT2D eigenvalue weighted by atomic mass is 16.5. The number of aryl methyl sites for hydroxylation is 2. The van der Waals surface area contributed by atoms with Gasteiger partial charge in [-0.2, -0.15) is 0 Å². The number of nitrogens with zero attached hydrogens (tertiary/aromatic N) is 2. The maximum atomic E-state index is 11.4. The third-order valence-electron chi connectivity index (χ3n) is 3.88. The molecule has 2 aromatic rings. The van der Waals surface area contributed by atoms with Crippen LogP contribution in [-0.2, 0) is 11.3 Å². The van der Waals surface area contributed by atoms with Gasteiger partial charge in [0.25, 0.3) is 0 Å². The lowest BCUT2D eigenvalue weighted by molar-refractivity contribution is -0.138. The highest BCUT2D eigenvalue weighted by molar-refractivity contribution is 5.82. The first-order chi connectivity index (χ1) is 9.58. The van der Waals surface area contributed by atoms with Gasteiger partial charge in [-0.05, 0) is 25.5 Å². The Morgan fingerprint density at radius 3 is 2.85 bits per heavy atom. The fourth-order valence-electron chi connectivity index (χ4n) is 2.77. The molecular weight excluding hydrogens is 256 g/mol. The van der Waals surface area contributed by atoms with Crippen molar-refractivity contribution in [3.8, 4) is 0 Å². The molecular formula is C15H16N2O3. The van der Waals surface area contributed by atoms with E-state index in [1.807, 2.05) is 38.1 Å². The van der Waals surface area contributed by atoms with Crippen LogP contribution in [0.1, 0.15) is 28.5 Å². The Balaban J connectivity index is 1.95. The second kappa shape index (κ2) is 4.67. The number of hydrogen-bond donors (Lipinski definition) is 1. The molecule has 3 rings (SSSR count). The highest BCUT2D eigenvalue weighted by Crippen LogP contribution is 2.37. The molecule has 5 nitrogen and oxygen atoms in total. The lowest BCUT2D eigenvalue weighted by atomic mass is 10.0. The van der Waals surface area contributed by atoms with Crippen molar-refractivity contribution in [3.63, 3.8) is 0 Å². The molecule has 1 aliphatic heterocycles. The maximum absolute atomic E-state index is 11.4. The first-order valence-electron chi connectivity index (χ1n) is 6.56. The lowest BCUT2D eigenvalue weighted by Gasteiger charge is -2.19. The Morgan fingerprint density at radius 2 is 2.20 bits per heavy atom. The van der Waals surface area contributed by atoms with Crippen molar-refractivity contribution in [2.75, 3.05) is 11.4 Å². The lowest BCUT2D eigenvalue weighted by Crippen LogP contribution is -2.24. The number of aromatic nitrogens is 1. The molecule has 0 saturated heterocycles. The van der Waals surface area contributed by atoms with Crippen LogP contribution < -0.4 is 4.90 Å². The summed E-state index contributed by atoms with van der Waals surface area (Å²) in [5, 5.41) is 13.3. The molecule has 0 fully saturated rings. The molecule has 2 heterocycles. The van der Waals surface area contributed by atoms with Gasteiger partial charge in [-0.3, -0.25) is 4.79 Å². The zero-order chi connectivity index (χ0) is 14.3. The summed E-state index contributed by atoms with van der Waals surface area (Å²) in [7, 11) is 0. The highest BCUT2D eigenvalue weighted by Gasteiger charge is 2.33. The topological polar surface area (TPSA) is 66.6 Å². The van der Waals surface area contributed by atoms with E-state index in [1.54, 1.807) is 0 Å². The van der Waals surface area contributed by atoms with E-state index in [1.165, 1.54) is 0 Å². The number of hydrogen-bond acceptors (Lipinski definition) is 4. The van der Waals surface area contributed by atoms with E-state index in [2.05, 4.69) is 10.1 Å². The fraction of sp³-hybridized carbons (Fsp3) is 0.333. The predicted molar refractivity (Wildman–Crippen MR) is 73.8 cm³/mol. The van der Waals surface area contributed by atoms with Crippen molar-refractivity contribution >= 4 is 11.7 Å². The quantitative estimate of drug-likeness (QED) is 0.929. The smallest absolute Gasteiger partial charge is 0.312 e. The number of fused-ring (bicyclic) bond motifs is 1. The number of benzene rings is 1. The summed E-state index contributed by atoms with van der Waals surface area (Å²) >= 11 is 0. The third-order valence-corrected chi connectivity index (χ3v) is 3.88. The van der Waals surface area contributed by atoms with E-state index in [9.17, 15) is 9.90 Å². The van der Waals surface area contributed by atoms with Crippen molar-refractivity contribution < 1.29 is 14.4 Å². The summed E-state index contributed by atoms with van der Waals surface area (Å²) in [5.41, 5.74) is 3.76. The Kier molecular flexibility index (Phi) is 2.97. The molecule has 0 bridgehead atoms. The van der Waals surface area contributed by atoms with Crippen LogP contribution in [0.25, 0.3) is 0 Å². The molecule has 1 aromatic carbocycles. The van der Waals surface area contributed by atoms with Crippen molar-refractivity contribution in [1.29, 1.82) is 0 Å². The standard InChI is InChI=1S/C15H16N2O3/c1-9-12(10(2)20-16-9)7-17-8-13(15(18)19)11-5-3-4-6-14(11)17/h3-6,13H,7-8H2,1-2H3,(H,18,19). The average molecular weight is 272 g/mol. The molecule has 1 aliphatic rings. The predicted octanol–water partition coefficient (Wildman–Crippen LogP) is 2.48. The Labute approximate surface area is 116 Å². The number of aliphatic carboxylic acids is 1. The zero-order valence-electron chi connectivity index (χ0n) is 11.5. The summed E-state index contributed by atoms with van der Waals surface area (Å²) in [6, 6.07) is 7.68. The molecule has 1 N–H and O–H groups in total. The van der Waals surface area contributed by atoms with E-state index in [0.29, 0.717) is 13.1 Å². The number of para-hydroxylation sites is 1. The molecule has 0 amide bonds. The summed E-state index contributed by atoms with van der Waals surface area (Å²) < 4.78 is 5.17. The normalized spacial score (nSPS) is 17.3. The molecule has 20 heavy (non-hydrogen) atoms. The van der Waals surface area contributed by atoms with Gasteiger partial charge in [0.05, 0.1) is 5.69 Å². The number of carbonyl (C=O) groups is 1. The molecule has 1 aromatic heterocycles. The van der Waals surface area contributed by atoms with Crippen LogP contribution in [0.5, 0.6) is 0 Å². The SMILES string of the molecule is Cc1noc(C)c1CN1CC(C(=O)O)c2ccccc21. The van der Waals surface area contributed by atoms with Crippen LogP contribution in [0.4, 0.5) is 5.69 Å². The van der Waals surface area contributed by atoms with E-state index < -0.39 is 11.9 Å². The number of rotatable bonds is 3. The summed E-state index contributed by atoms with van der Waals surface area (Å²) in [6.45, 7) is 4.90. The Morgan fingerprint density at radius 1 is 1.45 bits per heavy atom. The minimum absolute atomic E-state index is 0.466. The van der Waals surface area contributed by atoms with Crippen molar-refractivity contribution in [3.05, 3.63) is 46.8 Å². The van der Waals surface area contributed by atoms with Gasteiger partial charge >= 0.3 is 5.97 Å². The second-order valence-electron chi connectivity index (χ2n) is 5.13. The molecule has 1 unspecified atom stereocenters. The van der Waals surface area contributed by atoms with Crippen LogP contribution in [0.15, 0.2) is 28.8 Å². The monoisotopic (exact) mass is 272 g/mol. The summed E-state index contributed by atoms with van der Waals surface area (Å²) in [5.74, 6) is -0.454. The van der Waals surface area contributed by atoms with E-state index in [0.717, 1.165) is 28.3 Å². The maximum Gasteiger partial charge on any atom is 0.312 e. The first kappa shape index (κ1) is 12.7. The molecule has 1 atom stereocenters.